The number of amides is 1. The first-order valence-corrected chi connectivity index (χ1v) is 9.03. The molecule has 1 aromatic carbocycles. The van der Waals surface area contributed by atoms with Gasteiger partial charge in [-0.15, -0.1) is 11.3 Å². The first-order valence-electron chi connectivity index (χ1n) is 8.21. The predicted molar refractivity (Wildman–Crippen MR) is 95.2 cm³/mol. The van der Waals surface area contributed by atoms with Gasteiger partial charge in [-0.05, 0) is 50.5 Å². The van der Waals surface area contributed by atoms with E-state index in [4.69, 9.17) is 9.47 Å². The summed E-state index contributed by atoms with van der Waals surface area (Å²) in [7, 11) is 1.58. The average Bonchev–Trinajstić information content (AvgIpc) is 3.03. The lowest BCUT2D eigenvalue weighted by atomic mass is 9.91. The number of aryl methyl sites for hydroxylation is 1. The Balaban J connectivity index is 1.67. The fourth-order valence-electron chi connectivity index (χ4n) is 2.80. The quantitative estimate of drug-likeness (QED) is 0.829. The topological polar surface area (TPSA) is 77.5 Å². The number of rotatable bonds is 5. The molecule has 3 rings (SSSR count). The minimum absolute atomic E-state index is 0.113. The molecule has 1 aliphatic rings. The van der Waals surface area contributed by atoms with Crippen LogP contribution in [-0.2, 0) is 22.4 Å². The zero-order valence-electron chi connectivity index (χ0n) is 14.2. The molecule has 0 aliphatic heterocycles. The number of methoxy groups -OCH3 is 1. The van der Waals surface area contributed by atoms with E-state index in [9.17, 15) is 9.59 Å². The minimum Gasteiger partial charge on any atom is -0.497 e. The van der Waals surface area contributed by atoms with Crippen LogP contribution in [0.5, 0.6) is 5.75 Å². The van der Waals surface area contributed by atoms with Crippen molar-refractivity contribution in [3.63, 3.8) is 0 Å². The van der Waals surface area contributed by atoms with Crippen LogP contribution >= 0.6 is 11.3 Å². The number of thiazole rings is 1. The summed E-state index contributed by atoms with van der Waals surface area (Å²) in [6.45, 7) is 2.21. The molecule has 0 saturated heterocycles. The number of nitrogens with one attached hydrogen (secondary N) is 1. The van der Waals surface area contributed by atoms with Gasteiger partial charge in [0.05, 0.1) is 25.3 Å². The highest BCUT2D eigenvalue weighted by Gasteiger charge is 2.28. The summed E-state index contributed by atoms with van der Waals surface area (Å²) in [6.07, 6.45) is 2.10. The fourth-order valence-corrected chi connectivity index (χ4v) is 3.88. The Bertz CT molecular complexity index is 770. The van der Waals surface area contributed by atoms with Gasteiger partial charge < -0.3 is 9.47 Å². The molecule has 0 spiro atoms. The highest BCUT2D eigenvalue weighted by Crippen LogP contribution is 2.33. The molecule has 0 fully saturated rings. The van der Waals surface area contributed by atoms with E-state index >= 15 is 0 Å². The van der Waals surface area contributed by atoms with Gasteiger partial charge in [0.15, 0.2) is 5.13 Å². The Morgan fingerprint density at radius 2 is 2.08 bits per heavy atom. The van der Waals surface area contributed by atoms with E-state index in [-0.39, 0.29) is 17.8 Å². The molecule has 132 valence electrons. The SMILES string of the molecule is CCOC(=O)C1CCc2nc(NC(=O)c3ccc(OC)cc3)sc2C1. The van der Waals surface area contributed by atoms with Gasteiger partial charge in [0.1, 0.15) is 5.75 Å². The standard InChI is InChI=1S/C18H20N2O4S/c1-3-24-17(22)12-6-9-14-15(10-12)25-18(19-14)20-16(21)11-4-7-13(23-2)8-5-11/h4-5,7-8,12H,3,6,9-10H2,1-2H3,(H,19,20,21). The summed E-state index contributed by atoms with van der Waals surface area (Å²) in [6, 6.07) is 6.90. The van der Waals surface area contributed by atoms with E-state index in [1.54, 1.807) is 31.4 Å². The van der Waals surface area contributed by atoms with Crippen LogP contribution < -0.4 is 10.1 Å². The molecule has 6 nitrogen and oxygen atoms in total. The van der Waals surface area contributed by atoms with Gasteiger partial charge >= 0.3 is 5.97 Å². The number of hydrogen-bond acceptors (Lipinski definition) is 6. The molecule has 25 heavy (non-hydrogen) atoms. The number of esters is 1. The summed E-state index contributed by atoms with van der Waals surface area (Å²) in [5.74, 6) is 0.227. The first kappa shape index (κ1) is 17.4. The second kappa shape index (κ2) is 7.65. The van der Waals surface area contributed by atoms with Gasteiger partial charge in [0.2, 0.25) is 0 Å². The van der Waals surface area contributed by atoms with E-state index in [2.05, 4.69) is 10.3 Å². The molecule has 2 aromatic rings. The number of carbonyl (C=O) groups excluding carboxylic acids is 2. The van der Waals surface area contributed by atoms with Crippen molar-refractivity contribution in [1.82, 2.24) is 4.98 Å². The van der Waals surface area contributed by atoms with E-state index in [1.165, 1.54) is 11.3 Å². The molecule has 0 radical (unpaired) electrons. The number of benzene rings is 1. The van der Waals surface area contributed by atoms with Gasteiger partial charge in [-0.1, -0.05) is 0 Å². The number of nitrogens with zero attached hydrogens (tertiary/aromatic N) is 1. The monoisotopic (exact) mass is 360 g/mol. The molecule has 1 aromatic heterocycles. The molecule has 7 heteroatoms. The van der Waals surface area contributed by atoms with Crippen molar-refractivity contribution < 1.29 is 19.1 Å². The highest BCUT2D eigenvalue weighted by molar-refractivity contribution is 7.15. The number of carbonyl (C=O) groups is 2. The second-order valence-corrected chi connectivity index (χ2v) is 6.85. The van der Waals surface area contributed by atoms with Crippen LogP contribution in [0.4, 0.5) is 5.13 Å². The first-order chi connectivity index (χ1) is 12.1. The van der Waals surface area contributed by atoms with Crippen LogP contribution in [0.3, 0.4) is 0 Å². The van der Waals surface area contributed by atoms with Crippen molar-refractivity contribution in [3.05, 3.63) is 40.4 Å². The third-order valence-corrected chi connectivity index (χ3v) is 5.17. The van der Waals surface area contributed by atoms with Gasteiger partial charge in [-0.3, -0.25) is 14.9 Å². The van der Waals surface area contributed by atoms with Crippen LogP contribution in [0.25, 0.3) is 0 Å². The zero-order valence-corrected chi connectivity index (χ0v) is 15.0. The van der Waals surface area contributed by atoms with Crippen LogP contribution in [0, 0.1) is 5.92 Å². The maximum Gasteiger partial charge on any atom is 0.309 e. The van der Waals surface area contributed by atoms with Crippen molar-refractivity contribution in [2.75, 3.05) is 19.0 Å². The average molecular weight is 360 g/mol. The summed E-state index contributed by atoms with van der Waals surface area (Å²) < 4.78 is 10.2. The maximum atomic E-state index is 12.3. The summed E-state index contributed by atoms with van der Waals surface area (Å²) in [5.41, 5.74) is 1.51. The molecule has 0 saturated carbocycles. The van der Waals surface area contributed by atoms with Crippen LogP contribution in [0.2, 0.25) is 0 Å². The van der Waals surface area contributed by atoms with Crippen molar-refractivity contribution in [2.45, 2.75) is 26.2 Å². The number of fused-ring (bicyclic) bond motifs is 1. The number of anilines is 1. The van der Waals surface area contributed by atoms with E-state index in [0.29, 0.717) is 29.5 Å². The lowest BCUT2D eigenvalue weighted by Crippen LogP contribution is -2.24. The molecule has 1 unspecified atom stereocenters. The van der Waals surface area contributed by atoms with Gasteiger partial charge in [0.25, 0.3) is 5.91 Å². The Hall–Kier alpha value is -2.41. The predicted octanol–water partition coefficient (Wildman–Crippen LogP) is 3.07. The van der Waals surface area contributed by atoms with Gasteiger partial charge in [-0.25, -0.2) is 4.98 Å². The van der Waals surface area contributed by atoms with Crippen molar-refractivity contribution >= 4 is 28.3 Å². The second-order valence-electron chi connectivity index (χ2n) is 5.76. The fraction of sp³-hybridized carbons (Fsp3) is 0.389. The van der Waals surface area contributed by atoms with E-state index in [1.807, 2.05) is 6.92 Å². The normalized spacial score (nSPS) is 16.0. The van der Waals surface area contributed by atoms with Crippen LogP contribution in [0.15, 0.2) is 24.3 Å². The highest BCUT2D eigenvalue weighted by atomic mass is 32.1. The lowest BCUT2D eigenvalue weighted by molar-refractivity contribution is -0.148. The van der Waals surface area contributed by atoms with Crippen LogP contribution in [-0.4, -0.2) is 30.6 Å². The molecule has 1 aliphatic carbocycles. The summed E-state index contributed by atoms with van der Waals surface area (Å²) >= 11 is 1.43. The minimum atomic E-state index is -0.212. The Morgan fingerprint density at radius 1 is 1.32 bits per heavy atom. The zero-order chi connectivity index (χ0) is 17.8. The smallest absolute Gasteiger partial charge is 0.309 e. The number of hydrogen-bond donors (Lipinski definition) is 1. The Morgan fingerprint density at radius 3 is 2.76 bits per heavy atom. The van der Waals surface area contributed by atoms with Crippen molar-refractivity contribution in [2.24, 2.45) is 5.92 Å². The molecule has 1 N–H and O–H groups in total. The van der Waals surface area contributed by atoms with E-state index in [0.717, 1.165) is 23.4 Å². The largest absolute Gasteiger partial charge is 0.497 e. The van der Waals surface area contributed by atoms with E-state index < -0.39 is 0 Å². The molecule has 1 amide bonds. The third-order valence-electron chi connectivity index (χ3n) is 4.13. The molecule has 1 heterocycles. The third kappa shape index (κ3) is 3.99. The molecular formula is C18H20N2O4S. The molecular weight excluding hydrogens is 340 g/mol. The van der Waals surface area contributed by atoms with Gasteiger partial charge in [-0.2, -0.15) is 0 Å². The van der Waals surface area contributed by atoms with Crippen molar-refractivity contribution in [3.8, 4) is 5.75 Å². The lowest BCUT2D eigenvalue weighted by Gasteiger charge is -2.18. The number of ether oxygens (including phenoxy) is 2. The van der Waals surface area contributed by atoms with Gasteiger partial charge in [0, 0.05) is 10.4 Å². The summed E-state index contributed by atoms with van der Waals surface area (Å²) in [5, 5.41) is 3.40. The Labute approximate surface area is 150 Å². The van der Waals surface area contributed by atoms with Crippen LogP contribution in [0.1, 0.15) is 34.3 Å². The Kier molecular flexibility index (Phi) is 5.33. The maximum absolute atomic E-state index is 12.3. The molecule has 1 atom stereocenters. The summed E-state index contributed by atoms with van der Waals surface area (Å²) in [4.78, 5) is 29.8. The van der Waals surface area contributed by atoms with Crippen molar-refractivity contribution in [1.29, 1.82) is 0 Å². The molecule has 0 bridgehead atoms. The number of aromatic nitrogens is 1.